The Kier molecular flexibility index (Phi) is 5.85. The smallest absolute Gasteiger partial charge is 0.126 e. The molecule has 2 aromatic rings. The predicted molar refractivity (Wildman–Crippen MR) is 103 cm³/mol. The number of nitrogens with zero attached hydrogens (tertiary/aromatic N) is 4. The van der Waals surface area contributed by atoms with E-state index in [1.165, 1.54) is 26.2 Å². The van der Waals surface area contributed by atoms with Crippen molar-refractivity contribution in [3.8, 4) is 6.07 Å². The van der Waals surface area contributed by atoms with Gasteiger partial charge in [0.2, 0.25) is 0 Å². The molecule has 1 aromatic carbocycles. The molecule has 0 unspecified atom stereocenters. The van der Waals surface area contributed by atoms with Gasteiger partial charge in [0, 0.05) is 44.7 Å². The summed E-state index contributed by atoms with van der Waals surface area (Å²) in [7, 11) is 0. The van der Waals surface area contributed by atoms with Crippen molar-refractivity contribution in [2.24, 2.45) is 5.92 Å². The van der Waals surface area contributed by atoms with Crippen LogP contribution < -0.4 is 5.32 Å². The maximum absolute atomic E-state index is 8.97. The number of hydrogen-bond acceptors (Lipinski definition) is 5. The van der Waals surface area contributed by atoms with E-state index in [1.54, 1.807) is 0 Å². The van der Waals surface area contributed by atoms with Crippen molar-refractivity contribution >= 4 is 16.7 Å². The molecule has 25 heavy (non-hydrogen) atoms. The number of nitrogens with one attached hydrogen (secondary N) is 1. The molecule has 0 radical (unpaired) electrons. The highest BCUT2D eigenvalue weighted by atomic mass is 15.3. The molecule has 1 saturated heterocycles. The molecular weight excluding hydrogens is 310 g/mol. The van der Waals surface area contributed by atoms with Gasteiger partial charge in [-0.25, -0.2) is 4.98 Å². The van der Waals surface area contributed by atoms with Crippen LogP contribution in [0.3, 0.4) is 0 Å². The minimum Gasteiger partial charge on any atom is -0.370 e. The molecule has 0 aliphatic carbocycles. The van der Waals surface area contributed by atoms with Crippen LogP contribution in [-0.2, 0) is 0 Å². The maximum atomic E-state index is 8.97. The highest BCUT2D eigenvalue weighted by Gasteiger charge is 2.17. The van der Waals surface area contributed by atoms with Crippen molar-refractivity contribution in [3.63, 3.8) is 0 Å². The Hall–Kier alpha value is -2.16. The van der Waals surface area contributed by atoms with Gasteiger partial charge >= 0.3 is 0 Å². The molecule has 1 aromatic heterocycles. The summed E-state index contributed by atoms with van der Waals surface area (Å²) < 4.78 is 0. The average Bonchev–Trinajstić information content (AvgIpc) is 2.66. The molecule has 1 N–H and O–H groups in total. The highest BCUT2D eigenvalue weighted by molar-refractivity contribution is 5.81. The van der Waals surface area contributed by atoms with Gasteiger partial charge < -0.3 is 15.1 Å². The second kappa shape index (κ2) is 8.28. The first kappa shape index (κ1) is 17.7. The Labute approximate surface area is 150 Å². The predicted octanol–water partition coefficient (Wildman–Crippen LogP) is 2.79. The normalized spacial score (nSPS) is 17.3. The molecule has 0 saturated carbocycles. The highest BCUT2D eigenvalue weighted by Crippen LogP contribution is 2.17. The Morgan fingerprint density at radius 2 is 1.92 bits per heavy atom. The van der Waals surface area contributed by atoms with Crippen molar-refractivity contribution < 1.29 is 0 Å². The van der Waals surface area contributed by atoms with Gasteiger partial charge in [0.15, 0.2) is 0 Å². The standard InChI is InChI=1S/C20H27N5/c1-3-24-8-10-25(11-9-24)15-16(2)14-22-20-7-5-18-12-17(13-21)4-6-19(18)23-20/h4-7,12,16H,3,8-11,14-15H2,1-2H3,(H,22,23)/t16-/m1/s1. The van der Waals surface area contributed by atoms with Crippen LogP contribution in [0.4, 0.5) is 5.82 Å². The van der Waals surface area contributed by atoms with E-state index in [0.29, 0.717) is 11.5 Å². The summed E-state index contributed by atoms with van der Waals surface area (Å²) in [5, 5.41) is 13.4. The van der Waals surface area contributed by atoms with Crippen LogP contribution in [0.2, 0.25) is 0 Å². The summed E-state index contributed by atoms with van der Waals surface area (Å²) in [5.41, 5.74) is 1.60. The third kappa shape index (κ3) is 4.68. The number of piperazine rings is 1. The lowest BCUT2D eigenvalue weighted by molar-refractivity contribution is 0.126. The van der Waals surface area contributed by atoms with E-state index in [4.69, 9.17) is 5.26 Å². The van der Waals surface area contributed by atoms with E-state index in [9.17, 15) is 0 Å². The van der Waals surface area contributed by atoms with Crippen LogP contribution in [-0.4, -0.2) is 60.6 Å². The first-order valence-electron chi connectivity index (χ1n) is 9.17. The van der Waals surface area contributed by atoms with Gasteiger partial charge in [-0.3, -0.25) is 0 Å². The van der Waals surface area contributed by atoms with Crippen LogP contribution in [0.1, 0.15) is 19.4 Å². The molecule has 5 nitrogen and oxygen atoms in total. The number of aromatic nitrogens is 1. The van der Waals surface area contributed by atoms with Gasteiger partial charge in [-0.15, -0.1) is 0 Å². The van der Waals surface area contributed by atoms with Crippen LogP contribution in [0, 0.1) is 17.2 Å². The molecule has 132 valence electrons. The summed E-state index contributed by atoms with van der Waals surface area (Å²) in [5.74, 6) is 1.48. The lowest BCUT2D eigenvalue weighted by atomic mass is 10.1. The van der Waals surface area contributed by atoms with Crippen molar-refractivity contribution in [2.75, 3.05) is 51.1 Å². The summed E-state index contributed by atoms with van der Waals surface area (Å²) in [6.45, 7) is 12.5. The van der Waals surface area contributed by atoms with Gasteiger partial charge in [0.05, 0.1) is 17.1 Å². The van der Waals surface area contributed by atoms with Crippen LogP contribution >= 0.6 is 0 Å². The van der Waals surface area contributed by atoms with E-state index in [-0.39, 0.29) is 0 Å². The number of anilines is 1. The average molecular weight is 337 g/mol. The third-order valence-electron chi connectivity index (χ3n) is 4.93. The Morgan fingerprint density at radius 3 is 2.64 bits per heavy atom. The van der Waals surface area contributed by atoms with E-state index in [1.807, 2.05) is 30.3 Å². The molecule has 1 atom stereocenters. The minimum atomic E-state index is 0.576. The fourth-order valence-electron chi connectivity index (χ4n) is 3.37. The Bertz CT molecular complexity index is 743. The number of likely N-dealkylation sites (N-methyl/N-ethyl adjacent to an activating group) is 1. The summed E-state index contributed by atoms with van der Waals surface area (Å²) in [6.07, 6.45) is 0. The summed E-state index contributed by atoms with van der Waals surface area (Å²) in [4.78, 5) is 9.72. The van der Waals surface area contributed by atoms with E-state index < -0.39 is 0 Å². The minimum absolute atomic E-state index is 0.576. The number of nitriles is 1. The van der Waals surface area contributed by atoms with Gasteiger partial charge in [0.1, 0.15) is 5.82 Å². The fourth-order valence-corrected chi connectivity index (χ4v) is 3.37. The molecule has 5 heteroatoms. The lowest BCUT2D eigenvalue weighted by Crippen LogP contribution is -2.47. The number of rotatable bonds is 6. The van der Waals surface area contributed by atoms with Crippen molar-refractivity contribution in [3.05, 3.63) is 35.9 Å². The van der Waals surface area contributed by atoms with Crippen LogP contribution in [0.5, 0.6) is 0 Å². The molecular formula is C20H27N5. The zero-order chi connectivity index (χ0) is 17.6. The first-order chi connectivity index (χ1) is 12.2. The zero-order valence-electron chi connectivity index (χ0n) is 15.2. The van der Waals surface area contributed by atoms with Gasteiger partial charge in [-0.1, -0.05) is 13.8 Å². The van der Waals surface area contributed by atoms with Crippen molar-refractivity contribution in [1.82, 2.24) is 14.8 Å². The quantitative estimate of drug-likeness (QED) is 0.878. The summed E-state index contributed by atoms with van der Waals surface area (Å²) in [6, 6.07) is 11.8. The van der Waals surface area contributed by atoms with E-state index in [2.05, 4.69) is 40.0 Å². The topological polar surface area (TPSA) is 55.2 Å². The maximum Gasteiger partial charge on any atom is 0.126 e. The number of hydrogen-bond donors (Lipinski definition) is 1. The van der Waals surface area contributed by atoms with E-state index >= 15 is 0 Å². The van der Waals surface area contributed by atoms with Crippen LogP contribution in [0.25, 0.3) is 10.9 Å². The monoisotopic (exact) mass is 337 g/mol. The van der Waals surface area contributed by atoms with Gasteiger partial charge in [-0.05, 0) is 42.8 Å². The SMILES string of the molecule is CCN1CCN(C[C@H](C)CNc2ccc3cc(C#N)ccc3n2)CC1. The Balaban J connectivity index is 1.51. The third-order valence-corrected chi connectivity index (χ3v) is 4.93. The van der Waals surface area contributed by atoms with Crippen molar-refractivity contribution in [2.45, 2.75) is 13.8 Å². The second-order valence-corrected chi connectivity index (χ2v) is 6.94. The number of fused-ring (bicyclic) bond motifs is 1. The molecule has 0 bridgehead atoms. The molecule has 0 spiro atoms. The Morgan fingerprint density at radius 1 is 1.16 bits per heavy atom. The number of pyridine rings is 1. The molecule has 3 rings (SSSR count). The lowest BCUT2D eigenvalue weighted by Gasteiger charge is -2.35. The van der Waals surface area contributed by atoms with E-state index in [0.717, 1.165) is 36.4 Å². The van der Waals surface area contributed by atoms with Crippen LogP contribution in [0.15, 0.2) is 30.3 Å². The fraction of sp³-hybridized carbons (Fsp3) is 0.500. The molecule has 1 aliphatic heterocycles. The van der Waals surface area contributed by atoms with Crippen molar-refractivity contribution in [1.29, 1.82) is 5.26 Å². The molecule has 1 aliphatic rings. The van der Waals surface area contributed by atoms with Gasteiger partial charge in [-0.2, -0.15) is 5.26 Å². The zero-order valence-corrected chi connectivity index (χ0v) is 15.2. The largest absolute Gasteiger partial charge is 0.370 e. The summed E-state index contributed by atoms with van der Waals surface area (Å²) >= 11 is 0. The van der Waals surface area contributed by atoms with Gasteiger partial charge in [0.25, 0.3) is 0 Å². The number of benzene rings is 1. The molecule has 1 fully saturated rings. The molecule has 2 heterocycles. The second-order valence-electron chi connectivity index (χ2n) is 6.94. The molecule has 0 amide bonds. The first-order valence-corrected chi connectivity index (χ1v) is 9.17.